The van der Waals surface area contributed by atoms with E-state index >= 15 is 0 Å². The van der Waals surface area contributed by atoms with Crippen molar-refractivity contribution in [2.75, 3.05) is 11.9 Å². The Labute approximate surface area is 168 Å². The molecule has 30 heavy (non-hydrogen) atoms. The summed E-state index contributed by atoms with van der Waals surface area (Å²) in [6.45, 7) is -0.767. The zero-order valence-corrected chi connectivity index (χ0v) is 15.5. The summed E-state index contributed by atoms with van der Waals surface area (Å²) in [6.07, 6.45) is 0. The van der Waals surface area contributed by atoms with Crippen LogP contribution in [0.1, 0.15) is 10.6 Å². The van der Waals surface area contributed by atoms with Crippen LogP contribution in [0.2, 0.25) is 0 Å². The fourth-order valence-corrected chi connectivity index (χ4v) is 3.49. The predicted octanol–water partition coefficient (Wildman–Crippen LogP) is 3.62. The Morgan fingerprint density at radius 1 is 1.13 bits per heavy atom. The van der Waals surface area contributed by atoms with E-state index < -0.39 is 46.9 Å². The molecule has 152 valence electrons. The molecule has 2 heterocycles. The van der Waals surface area contributed by atoms with Crippen LogP contribution in [-0.2, 0) is 9.53 Å². The minimum atomic E-state index is -1.67. The smallest absolute Gasteiger partial charge is 0.374 e. The summed E-state index contributed by atoms with van der Waals surface area (Å²) in [6, 6.07) is 7.98. The minimum absolute atomic E-state index is 0.0170. The van der Waals surface area contributed by atoms with E-state index in [1.165, 1.54) is 12.1 Å². The zero-order valence-electron chi connectivity index (χ0n) is 14.7. The first-order valence-electron chi connectivity index (χ1n) is 8.27. The molecule has 4 aromatic rings. The number of carbonyl (C=O) groups excluding carboxylic acids is 2. The Balaban J connectivity index is 1.45. The van der Waals surface area contributed by atoms with E-state index in [-0.39, 0.29) is 26.6 Å². The SMILES string of the molecule is O=C(COC(=O)c1cc(=O)c2ccccc2o1)Nc1nc2c(F)c(F)c(F)cc2s1. The molecule has 0 atom stereocenters. The molecule has 1 amide bonds. The summed E-state index contributed by atoms with van der Waals surface area (Å²) in [5.41, 5.74) is -0.717. The molecule has 0 aliphatic carbocycles. The first-order valence-corrected chi connectivity index (χ1v) is 9.09. The van der Waals surface area contributed by atoms with E-state index in [0.717, 1.165) is 12.1 Å². The van der Waals surface area contributed by atoms with Gasteiger partial charge in [-0.3, -0.25) is 14.9 Å². The van der Waals surface area contributed by atoms with Crippen molar-refractivity contribution in [1.29, 1.82) is 0 Å². The molecule has 0 bridgehead atoms. The number of halogens is 3. The number of rotatable bonds is 4. The van der Waals surface area contributed by atoms with Gasteiger partial charge in [0.1, 0.15) is 11.1 Å². The van der Waals surface area contributed by atoms with E-state index in [0.29, 0.717) is 11.3 Å². The molecule has 11 heteroatoms. The zero-order chi connectivity index (χ0) is 21.4. The van der Waals surface area contributed by atoms with E-state index in [1.807, 2.05) is 0 Å². The predicted molar refractivity (Wildman–Crippen MR) is 101 cm³/mol. The summed E-state index contributed by atoms with van der Waals surface area (Å²) in [7, 11) is 0. The van der Waals surface area contributed by atoms with Gasteiger partial charge in [-0.2, -0.15) is 0 Å². The number of benzene rings is 2. The van der Waals surface area contributed by atoms with Gasteiger partial charge in [-0.1, -0.05) is 23.5 Å². The van der Waals surface area contributed by atoms with E-state index in [9.17, 15) is 27.6 Å². The quantitative estimate of drug-likeness (QED) is 0.389. The van der Waals surface area contributed by atoms with Gasteiger partial charge in [-0.25, -0.2) is 22.9 Å². The molecule has 0 unspecified atom stereocenters. The normalized spacial score (nSPS) is 11.0. The van der Waals surface area contributed by atoms with Crippen LogP contribution in [-0.4, -0.2) is 23.5 Å². The number of ether oxygens (including phenoxy) is 1. The number of thiazole rings is 1. The third kappa shape index (κ3) is 3.62. The van der Waals surface area contributed by atoms with Crippen molar-refractivity contribution in [2.24, 2.45) is 0 Å². The molecule has 1 N–H and O–H groups in total. The van der Waals surface area contributed by atoms with Crippen LogP contribution in [0.5, 0.6) is 0 Å². The largest absolute Gasteiger partial charge is 0.450 e. The van der Waals surface area contributed by atoms with Gasteiger partial charge in [-0.05, 0) is 18.2 Å². The van der Waals surface area contributed by atoms with Crippen LogP contribution in [0, 0.1) is 17.5 Å². The second kappa shape index (κ2) is 7.59. The standard InChI is InChI=1S/C19H9F3N2O5S/c20-9-5-13-17(16(22)15(9)21)24-19(30-13)23-14(26)7-28-18(27)12-6-10(25)8-3-1-2-4-11(8)29-12/h1-6H,7H2,(H,23,24,26). The number of hydrogen-bond acceptors (Lipinski definition) is 7. The Hall–Kier alpha value is -3.73. The van der Waals surface area contributed by atoms with Gasteiger partial charge in [0.25, 0.3) is 5.91 Å². The van der Waals surface area contributed by atoms with Gasteiger partial charge < -0.3 is 9.15 Å². The van der Waals surface area contributed by atoms with E-state index in [2.05, 4.69) is 10.3 Å². The van der Waals surface area contributed by atoms with Crippen molar-refractivity contribution in [2.45, 2.75) is 0 Å². The number of fused-ring (bicyclic) bond motifs is 2. The second-order valence-electron chi connectivity index (χ2n) is 5.95. The van der Waals surface area contributed by atoms with Crippen molar-refractivity contribution in [3.63, 3.8) is 0 Å². The van der Waals surface area contributed by atoms with Crippen LogP contribution in [0.3, 0.4) is 0 Å². The fourth-order valence-electron chi connectivity index (χ4n) is 2.59. The van der Waals surface area contributed by atoms with Gasteiger partial charge >= 0.3 is 5.97 Å². The molecule has 0 aliphatic heterocycles. The Morgan fingerprint density at radius 2 is 1.90 bits per heavy atom. The van der Waals surface area contributed by atoms with Gasteiger partial charge in [0.2, 0.25) is 5.76 Å². The number of esters is 1. The van der Waals surface area contributed by atoms with Crippen molar-refractivity contribution < 1.29 is 31.9 Å². The van der Waals surface area contributed by atoms with Gasteiger partial charge in [0.05, 0.1) is 10.1 Å². The van der Waals surface area contributed by atoms with Crippen LogP contribution in [0.15, 0.2) is 45.6 Å². The Kier molecular flexibility index (Phi) is 4.96. The van der Waals surface area contributed by atoms with Crippen molar-refractivity contribution in [3.05, 3.63) is 69.8 Å². The maximum atomic E-state index is 13.7. The average molecular weight is 434 g/mol. The van der Waals surface area contributed by atoms with Crippen molar-refractivity contribution >= 4 is 49.5 Å². The highest BCUT2D eigenvalue weighted by Crippen LogP contribution is 2.30. The number of para-hydroxylation sites is 1. The minimum Gasteiger partial charge on any atom is -0.450 e. The lowest BCUT2D eigenvalue weighted by Crippen LogP contribution is -2.21. The number of amides is 1. The fraction of sp³-hybridized carbons (Fsp3) is 0.0526. The number of anilines is 1. The molecule has 0 spiro atoms. The van der Waals surface area contributed by atoms with Gasteiger partial charge in [0.15, 0.2) is 34.6 Å². The molecular formula is C19H9F3N2O5S. The maximum absolute atomic E-state index is 13.7. The molecule has 0 saturated heterocycles. The number of nitrogens with one attached hydrogen (secondary N) is 1. The molecular weight excluding hydrogens is 425 g/mol. The number of hydrogen-bond donors (Lipinski definition) is 1. The van der Waals surface area contributed by atoms with Crippen LogP contribution >= 0.6 is 11.3 Å². The highest BCUT2D eigenvalue weighted by Gasteiger charge is 2.19. The molecule has 2 aromatic carbocycles. The van der Waals surface area contributed by atoms with Crippen molar-refractivity contribution in [3.8, 4) is 0 Å². The number of aromatic nitrogens is 1. The average Bonchev–Trinajstić information content (AvgIpc) is 3.12. The molecule has 0 radical (unpaired) electrons. The number of carbonyl (C=O) groups is 2. The van der Waals surface area contributed by atoms with Crippen LogP contribution < -0.4 is 10.7 Å². The lowest BCUT2D eigenvalue weighted by atomic mass is 10.2. The van der Waals surface area contributed by atoms with Crippen molar-refractivity contribution in [1.82, 2.24) is 4.98 Å². The summed E-state index contributed by atoms with van der Waals surface area (Å²) in [5.74, 6) is -6.80. The molecule has 7 nitrogen and oxygen atoms in total. The molecule has 0 saturated carbocycles. The van der Waals surface area contributed by atoms with Crippen LogP contribution in [0.25, 0.3) is 21.2 Å². The topological polar surface area (TPSA) is 98.5 Å². The molecule has 0 aliphatic rings. The molecule has 4 rings (SSSR count). The third-order valence-electron chi connectivity index (χ3n) is 3.94. The highest BCUT2D eigenvalue weighted by molar-refractivity contribution is 7.22. The van der Waals surface area contributed by atoms with E-state index in [4.69, 9.17) is 9.15 Å². The third-order valence-corrected chi connectivity index (χ3v) is 4.86. The number of nitrogens with zero attached hydrogens (tertiary/aromatic N) is 1. The first-order chi connectivity index (χ1) is 14.3. The second-order valence-corrected chi connectivity index (χ2v) is 6.98. The lowest BCUT2D eigenvalue weighted by Gasteiger charge is -2.05. The van der Waals surface area contributed by atoms with Gasteiger partial charge in [0, 0.05) is 6.07 Å². The molecule has 2 aromatic heterocycles. The summed E-state index contributed by atoms with van der Waals surface area (Å²) >= 11 is 0.707. The van der Waals surface area contributed by atoms with Gasteiger partial charge in [-0.15, -0.1) is 0 Å². The molecule has 0 fully saturated rings. The highest BCUT2D eigenvalue weighted by atomic mass is 32.1. The lowest BCUT2D eigenvalue weighted by molar-refractivity contribution is -0.119. The monoisotopic (exact) mass is 434 g/mol. The first kappa shape index (κ1) is 19.6. The maximum Gasteiger partial charge on any atom is 0.374 e. The summed E-state index contributed by atoms with van der Waals surface area (Å²) < 4.78 is 50.3. The Morgan fingerprint density at radius 3 is 2.70 bits per heavy atom. The Bertz CT molecular complexity index is 1380. The summed E-state index contributed by atoms with van der Waals surface area (Å²) in [4.78, 5) is 39.7. The van der Waals surface area contributed by atoms with Crippen LogP contribution in [0.4, 0.5) is 18.3 Å². The van der Waals surface area contributed by atoms with E-state index in [1.54, 1.807) is 12.1 Å². The summed E-state index contributed by atoms with van der Waals surface area (Å²) in [5, 5.41) is 2.37.